The molecule has 0 aliphatic carbocycles. The van der Waals surface area contributed by atoms with E-state index in [1.807, 2.05) is 4.90 Å². The molecule has 2 heterocycles. The number of hydrogen-bond acceptors (Lipinski definition) is 4. The topological polar surface area (TPSA) is 64.7 Å². The quantitative estimate of drug-likeness (QED) is 0.703. The fraction of sp³-hybridized carbons (Fsp3) is 0.875. The number of nitrogens with one attached hydrogen (secondary N) is 2. The van der Waals surface area contributed by atoms with Crippen LogP contribution in [0.4, 0.5) is 0 Å². The van der Waals surface area contributed by atoms with Gasteiger partial charge in [0.15, 0.2) is 0 Å². The van der Waals surface area contributed by atoms with Crippen LogP contribution in [0, 0.1) is 5.92 Å². The van der Waals surface area contributed by atoms with Gasteiger partial charge in [-0.15, -0.1) is 12.4 Å². The zero-order chi connectivity index (χ0) is 15.9. The Kier molecular flexibility index (Phi) is 8.87. The number of likely N-dealkylation sites (tertiary alicyclic amines) is 1. The number of halogens is 1. The largest absolute Gasteiger partial charge is 0.355 e. The van der Waals surface area contributed by atoms with Crippen LogP contribution in [0.25, 0.3) is 0 Å². The summed E-state index contributed by atoms with van der Waals surface area (Å²) in [6.45, 7) is 10.5. The second-order valence-electron chi connectivity index (χ2n) is 6.47. The predicted molar refractivity (Wildman–Crippen MR) is 93.8 cm³/mol. The third kappa shape index (κ3) is 5.94. The van der Waals surface area contributed by atoms with Gasteiger partial charge in [0.05, 0.1) is 5.92 Å². The van der Waals surface area contributed by atoms with E-state index in [1.54, 1.807) is 0 Å². The number of rotatable bonds is 7. The van der Waals surface area contributed by atoms with Crippen molar-refractivity contribution in [3.05, 3.63) is 0 Å². The Labute approximate surface area is 145 Å². The SMILES string of the molecule is CCCC(C)N1CC(C(=O)NCCN2CCNCC2)CC1=O.Cl. The van der Waals surface area contributed by atoms with Crippen LogP contribution in [0.5, 0.6) is 0 Å². The van der Waals surface area contributed by atoms with Gasteiger partial charge in [-0.05, 0) is 13.3 Å². The molecule has 0 aromatic carbocycles. The van der Waals surface area contributed by atoms with Gasteiger partial charge in [-0.25, -0.2) is 0 Å². The molecule has 2 N–H and O–H groups in total. The van der Waals surface area contributed by atoms with Gasteiger partial charge in [0.1, 0.15) is 0 Å². The summed E-state index contributed by atoms with van der Waals surface area (Å²) in [6.07, 6.45) is 2.43. The molecular weight excluding hydrogens is 316 g/mol. The zero-order valence-electron chi connectivity index (χ0n) is 14.3. The molecule has 2 amide bonds. The molecule has 6 nitrogen and oxygen atoms in total. The third-order valence-electron chi connectivity index (χ3n) is 4.70. The van der Waals surface area contributed by atoms with Crippen molar-refractivity contribution in [1.29, 1.82) is 0 Å². The van der Waals surface area contributed by atoms with Crippen molar-refractivity contribution in [3.8, 4) is 0 Å². The van der Waals surface area contributed by atoms with E-state index < -0.39 is 0 Å². The second kappa shape index (κ2) is 10.1. The molecule has 2 aliphatic rings. The Morgan fingerprint density at radius 2 is 2.09 bits per heavy atom. The first-order chi connectivity index (χ1) is 10.6. The highest BCUT2D eigenvalue weighted by atomic mass is 35.5. The Morgan fingerprint density at radius 3 is 2.74 bits per heavy atom. The fourth-order valence-electron chi connectivity index (χ4n) is 3.32. The van der Waals surface area contributed by atoms with E-state index in [0.29, 0.717) is 19.5 Å². The molecule has 23 heavy (non-hydrogen) atoms. The summed E-state index contributed by atoms with van der Waals surface area (Å²) in [6, 6.07) is 0.246. The third-order valence-corrected chi connectivity index (χ3v) is 4.70. The average molecular weight is 347 g/mol. The van der Waals surface area contributed by atoms with Gasteiger partial charge in [-0.2, -0.15) is 0 Å². The summed E-state index contributed by atoms with van der Waals surface area (Å²) in [4.78, 5) is 28.5. The standard InChI is InChI=1S/C16H30N4O2.ClH/c1-3-4-13(2)20-12-14(11-15(20)21)16(22)18-7-10-19-8-5-17-6-9-19;/h13-14,17H,3-12H2,1-2H3,(H,18,22);1H. The molecular formula is C16H31ClN4O2. The molecule has 0 aromatic rings. The number of nitrogens with zero attached hydrogens (tertiary/aromatic N) is 2. The van der Waals surface area contributed by atoms with Crippen molar-refractivity contribution in [1.82, 2.24) is 20.4 Å². The second-order valence-corrected chi connectivity index (χ2v) is 6.47. The molecule has 0 saturated carbocycles. The molecule has 2 aliphatic heterocycles. The monoisotopic (exact) mass is 346 g/mol. The molecule has 0 aromatic heterocycles. The van der Waals surface area contributed by atoms with E-state index in [-0.39, 0.29) is 36.2 Å². The van der Waals surface area contributed by atoms with Crippen molar-refractivity contribution < 1.29 is 9.59 Å². The van der Waals surface area contributed by atoms with Gasteiger partial charge < -0.3 is 15.5 Å². The lowest BCUT2D eigenvalue weighted by Gasteiger charge is -2.27. The normalized spacial score (nSPS) is 23.5. The van der Waals surface area contributed by atoms with E-state index in [0.717, 1.165) is 45.6 Å². The summed E-state index contributed by atoms with van der Waals surface area (Å²) < 4.78 is 0. The van der Waals surface area contributed by atoms with Crippen molar-refractivity contribution >= 4 is 24.2 Å². The average Bonchev–Trinajstić information content (AvgIpc) is 2.91. The van der Waals surface area contributed by atoms with Gasteiger partial charge in [0.2, 0.25) is 11.8 Å². The van der Waals surface area contributed by atoms with Gasteiger partial charge in [0.25, 0.3) is 0 Å². The van der Waals surface area contributed by atoms with Crippen molar-refractivity contribution in [2.75, 3.05) is 45.8 Å². The molecule has 2 rings (SSSR count). The maximum absolute atomic E-state index is 12.2. The lowest BCUT2D eigenvalue weighted by atomic mass is 10.1. The molecule has 2 unspecified atom stereocenters. The Balaban J connectivity index is 0.00000264. The molecule has 2 atom stereocenters. The van der Waals surface area contributed by atoms with Crippen LogP contribution in [0.1, 0.15) is 33.1 Å². The van der Waals surface area contributed by atoms with E-state index in [4.69, 9.17) is 0 Å². The van der Waals surface area contributed by atoms with Gasteiger partial charge in [-0.3, -0.25) is 14.5 Å². The molecule has 2 fully saturated rings. The van der Waals surface area contributed by atoms with Crippen molar-refractivity contribution in [3.63, 3.8) is 0 Å². The van der Waals surface area contributed by atoms with Crippen LogP contribution in [0.15, 0.2) is 0 Å². The van der Waals surface area contributed by atoms with E-state index in [9.17, 15) is 9.59 Å². The summed E-state index contributed by atoms with van der Waals surface area (Å²) in [5, 5.41) is 6.32. The Hall–Kier alpha value is -0.850. The lowest BCUT2D eigenvalue weighted by Crippen LogP contribution is -2.46. The first-order valence-electron chi connectivity index (χ1n) is 8.62. The van der Waals surface area contributed by atoms with E-state index in [1.165, 1.54) is 0 Å². The Bertz CT molecular complexity index is 388. The molecule has 0 radical (unpaired) electrons. The van der Waals surface area contributed by atoms with Gasteiger partial charge in [-0.1, -0.05) is 13.3 Å². The van der Waals surface area contributed by atoms with E-state index in [2.05, 4.69) is 29.4 Å². The van der Waals surface area contributed by atoms with Crippen LogP contribution in [-0.2, 0) is 9.59 Å². The number of piperazine rings is 1. The summed E-state index contributed by atoms with van der Waals surface area (Å²) in [5.74, 6) is -0.00674. The fourth-order valence-corrected chi connectivity index (χ4v) is 3.32. The van der Waals surface area contributed by atoms with Crippen LogP contribution in [-0.4, -0.2) is 73.5 Å². The highest BCUT2D eigenvalue weighted by Gasteiger charge is 2.36. The van der Waals surface area contributed by atoms with Gasteiger partial charge in [0, 0.05) is 58.3 Å². The van der Waals surface area contributed by atoms with Crippen LogP contribution in [0.3, 0.4) is 0 Å². The number of carbonyl (C=O) groups is 2. The minimum Gasteiger partial charge on any atom is -0.355 e. The highest BCUT2D eigenvalue weighted by molar-refractivity contribution is 5.89. The number of amides is 2. The minimum atomic E-state index is -0.171. The number of hydrogen-bond donors (Lipinski definition) is 2. The van der Waals surface area contributed by atoms with Crippen LogP contribution >= 0.6 is 12.4 Å². The van der Waals surface area contributed by atoms with Crippen molar-refractivity contribution in [2.45, 2.75) is 39.2 Å². The van der Waals surface area contributed by atoms with Crippen LogP contribution < -0.4 is 10.6 Å². The summed E-state index contributed by atoms with van der Waals surface area (Å²) in [5.41, 5.74) is 0. The highest BCUT2D eigenvalue weighted by Crippen LogP contribution is 2.22. The molecule has 2 saturated heterocycles. The Morgan fingerprint density at radius 1 is 1.39 bits per heavy atom. The summed E-state index contributed by atoms with van der Waals surface area (Å²) >= 11 is 0. The number of carbonyl (C=O) groups excluding carboxylic acids is 2. The molecule has 0 bridgehead atoms. The summed E-state index contributed by atoms with van der Waals surface area (Å²) in [7, 11) is 0. The lowest BCUT2D eigenvalue weighted by molar-refractivity contribution is -0.130. The molecule has 134 valence electrons. The minimum absolute atomic E-state index is 0. The maximum atomic E-state index is 12.2. The molecule has 0 spiro atoms. The first kappa shape index (κ1) is 20.2. The van der Waals surface area contributed by atoms with Gasteiger partial charge >= 0.3 is 0 Å². The predicted octanol–water partition coefficient (Wildman–Crippen LogP) is 0.467. The first-order valence-corrected chi connectivity index (χ1v) is 8.62. The van der Waals surface area contributed by atoms with Crippen molar-refractivity contribution in [2.24, 2.45) is 5.92 Å². The maximum Gasteiger partial charge on any atom is 0.225 e. The molecule has 7 heteroatoms. The van der Waals surface area contributed by atoms with Crippen LogP contribution in [0.2, 0.25) is 0 Å². The zero-order valence-corrected chi connectivity index (χ0v) is 15.2. The van der Waals surface area contributed by atoms with E-state index >= 15 is 0 Å². The smallest absolute Gasteiger partial charge is 0.225 e.